The van der Waals surface area contributed by atoms with Crippen LogP contribution in [0.1, 0.15) is 10.5 Å². The van der Waals surface area contributed by atoms with Crippen molar-refractivity contribution in [1.29, 1.82) is 0 Å². The van der Waals surface area contributed by atoms with Gasteiger partial charge in [0, 0.05) is 12.4 Å². The molecule has 0 aliphatic heterocycles. The SMILES string of the molecule is O=C(O)c1ccnc(-c2ccn[nH]2)n1. The van der Waals surface area contributed by atoms with Gasteiger partial charge in [0.2, 0.25) is 0 Å². The van der Waals surface area contributed by atoms with E-state index in [0.29, 0.717) is 11.5 Å². The summed E-state index contributed by atoms with van der Waals surface area (Å²) >= 11 is 0. The fraction of sp³-hybridized carbons (Fsp3) is 0. The van der Waals surface area contributed by atoms with E-state index in [1.54, 1.807) is 12.3 Å². The lowest BCUT2D eigenvalue weighted by molar-refractivity contribution is 0.0690. The number of hydrogen-bond donors (Lipinski definition) is 2. The summed E-state index contributed by atoms with van der Waals surface area (Å²) in [6.45, 7) is 0. The molecule has 0 aliphatic carbocycles. The molecule has 0 bridgehead atoms. The highest BCUT2D eigenvalue weighted by Crippen LogP contribution is 2.09. The van der Waals surface area contributed by atoms with Gasteiger partial charge in [-0.15, -0.1) is 0 Å². The Hall–Kier alpha value is -2.24. The third-order valence-corrected chi connectivity index (χ3v) is 1.62. The van der Waals surface area contributed by atoms with Gasteiger partial charge in [-0.3, -0.25) is 5.10 Å². The molecule has 2 rings (SSSR count). The van der Waals surface area contributed by atoms with Gasteiger partial charge in [0.1, 0.15) is 5.69 Å². The minimum absolute atomic E-state index is 0.0374. The van der Waals surface area contributed by atoms with E-state index >= 15 is 0 Å². The number of aromatic carboxylic acids is 1. The van der Waals surface area contributed by atoms with Gasteiger partial charge in [0.15, 0.2) is 11.5 Å². The molecule has 0 saturated heterocycles. The molecule has 0 atom stereocenters. The summed E-state index contributed by atoms with van der Waals surface area (Å²) in [5.41, 5.74) is 0.553. The quantitative estimate of drug-likeness (QED) is 0.722. The first-order valence-corrected chi connectivity index (χ1v) is 3.83. The zero-order valence-electron chi connectivity index (χ0n) is 7.01. The van der Waals surface area contributed by atoms with Crippen molar-refractivity contribution in [2.45, 2.75) is 0 Å². The Morgan fingerprint density at radius 3 is 2.86 bits per heavy atom. The van der Waals surface area contributed by atoms with Crippen LogP contribution >= 0.6 is 0 Å². The number of rotatable bonds is 2. The van der Waals surface area contributed by atoms with Gasteiger partial charge in [-0.05, 0) is 12.1 Å². The number of aromatic nitrogens is 4. The summed E-state index contributed by atoms with van der Waals surface area (Å²) in [5.74, 6) is -0.754. The lowest BCUT2D eigenvalue weighted by Gasteiger charge is -1.96. The van der Waals surface area contributed by atoms with Crippen LogP contribution in [0.25, 0.3) is 11.5 Å². The average molecular weight is 190 g/mol. The molecule has 0 amide bonds. The van der Waals surface area contributed by atoms with Gasteiger partial charge >= 0.3 is 5.97 Å². The van der Waals surface area contributed by atoms with E-state index in [2.05, 4.69) is 20.2 Å². The van der Waals surface area contributed by atoms with Crippen molar-refractivity contribution in [2.75, 3.05) is 0 Å². The largest absolute Gasteiger partial charge is 0.477 e. The van der Waals surface area contributed by atoms with Gasteiger partial charge in [-0.2, -0.15) is 5.10 Å². The minimum Gasteiger partial charge on any atom is -0.477 e. The maximum Gasteiger partial charge on any atom is 0.354 e. The molecule has 70 valence electrons. The predicted molar refractivity (Wildman–Crippen MR) is 46.6 cm³/mol. The zero-order valence-corrected chi connectivity index (χ0v) is 7.01. The number of carbonyl (C=O) groups is 1. The molecule has 0 spiro atoms. The second-order valence-electron chi connectivity index (χ2n) is 2.54. The van der Waals surface area contributed by atoms with Crippen molar-refractivity contribution in [2.24, 2.45) is 0 Å². The van der Waals surface area contributed by atoms with Crippen LogP contribution in [0.4, 0.5) is 0 Å². The Kier molecular flexibility index (Phi) is 1.94. The monoisotopic (exact) mass is 190 g/mol. The Bertz CT molecular complexity index is 452. The van der Waals surface area contributed by atoms with Crippen molar-refractivity contribution >= 4 is 5.97 Å². The Labute approximate surface area is 78.6 Å². The molecule has 6 nitrogen and oxygen atoms in total. The summed E-state index contributed by atoms with van der Waals surface area (Å²) in [6.07, 6.45) is 2.94. The fourth-order valence-electron chi connectivity index (χ4n) is 0.988. The molecular weight excluding hydrogens is 184 g/mol. The van der Waals surface area contributed by atoms with E-state index in [4.69, 9.17) is 5.11 Å². The molecule has 6 heteroatoms. The van der Waals surface area contributed by atoms with E-state index in [1.807, 2.05) is 0 Å². The molecule has 14 heavy (non-hydrogen) atoms. The highest BCUT2D eigenvalue weighted by Gasteiger charge is 2.07. The van der Waals surface area contributed by atoms with Crippen LogP contribution < -0.4 is 0 Å². The molecule has 2 heterocycles. The van der Waals surface area contributed by atoms with Crippen molar-refractivity contribution in [1.82, 2.24) is 20.2 Å². The molecule has 0 aromatic carbocycles. The van der Waals surface area contributed by atoms with Gasteiger partial charge in [-0.1, -0.05) is 0 Å². The van der Waals surface area contributed by atoms with Crippen molar-refractivity contribution in [3.63, 3.8) is 0 Å². The number of H-pyrrole nitrogens is 1. The van der Waals surface area contributed by atoms with Crippen LogP contribution in [0.2, 0.25) is 0 Å². The molecule has 0 unspecified atom stereocenters. The fourth-order valence-corrected chi connectivity index (χ4v) is 0.988. The second kappa shape index (κ2) is 3.25. The minimum atomic E-state index is -1.08. The second-order valence-corrected chi connectivity index (χ2v) is 2.54. The smallest absolute Gasteiger partial charge is 0.354 e. The number of aromatic amines is 1. The van der Waals surface area contributed by atoms with Crippen LogP contribution in [-0.4, -0.2) is 31.2 Å². The first kappa shape index (κ1) is 8.36. The number of nitrogens with one attached hydrogen (secondary N) is 1. The Morgan fingerprint density at radius 2 is 2.21 bits per heavy atom. The van der Waals surface area contributed by atoms with Crippen LogP contribution in [0, 0.1) is 0 Å². The highest BCUT2D eigenvalue weighted by molar-refractivity contribution is 5.85. The van der Waals surface area contributed by atoms with Crippen LogP contribution in [0.5, 0.6) is 0 Å². The first-order valence-electron chi connectivity index (χ1n) is 3.83. The number of nitrogens with zero attached hydrogens (tertiary/aromatic N) is 3. The summed E-state index contributed by atoms with van der Waals surface area (Å²) in [4.78, 5) is 18.4. The highest BCUT2D eigenvalue weighted by atomic mass is 16.4. The molecular formula is C8H6N4O2. The van der Waals surface area contributed by atoms with Crippen LogP contribution in [0.15, 0.2) is 24.5 Å². The Morgan fingerprint density at radius 1 is 1.36 bits per heavy atom. The summed E-state index contributed by atoms with van der Waals surface area (Å²) < 4.78 is 0. The third kappa shape index (κ3) is 1.45. The molecule has 0 saturated carbocycles. The van der Waals surface area contributed by atoms with Gasteiger partial charge in [0.05, 0.1) is 0 Å². The Balaban J connectivity index is 2.46. The number of hydrogen-bond acceptors (Lipinski definition) is 4. The topological polar surface area (TPSA) is 91.8 Å². The van der Waals surface area contributed by atoms with E-state index in [9.17, 15) is 4.79 Å². The predicted octanol–water partition coefficient (Wildman–Crippen LogP) is 0.565. The number of carboxylic acid groups (broad SMARTS) is 1. The molecule has 0 radical (unpaired) electrons. The lowest BCUT2D eigenvalue weighted by Crippen LogP contribution is -2.02. The van der Waals surface area contributed by atoms with Crippen molar-refractivity contribution < 1.29 is 9.90 Å². The van der Waals surface area contributed by atoms with E-state index in [0.717, 1.165) is 0 Å². The lowest BCUT2D eigenvalue weighted by atomic mass is 10.3. The van der Waals surface area contributed by atoms with Gasteiger partial charge in [-0.25, -0.2) is 14.8 Å². The maximum absolute atomic E-state index is 10.6. The zero-order chi connectivity index (χ0) is 9.97. The normalized spacial score (nSPS) is 10.0. The molecule has 2 aromatic rings. The maximum atomic E-state index is 10.6. The van der Waals surface area contributed by atoms with E-state index in [1.165, 1.54) is 12.3 Å². The summed E-state index contributed by atoms with van der Waals surface area (Å²) in [5, 5.41) is 15.1. The standard InChI is InChI=1S/C8H6N4O2/c13-8(14)6-1-3-9-7(11-6)5-2-4-10-12-5/h1-4H,(H,10,12)(H,13,14). The third-order valence-electron chi connectivity index (χ3n) is 1.62. The molecule has 0 fully saturated rings. The number of carboxylic acids is 1. The first-order chi connectivity index (χ1) is 6.77. The van der Waals surface area contributed by atoms with E-state index < -0.39 is 5.97 Å². The molecule has 2 N–H and O–H groups in total. The van der Waals surface area contributed by atoms with E-state index in [-0.39, 0.29) is 5.69 Å². The van der Waals surface area contributed by atoms with Gasteiger partial charge < -0.3 is 5.11 Å². The van der Waals surface area contributed by atoms with Crippen molar-refractivity contribution in [3.8, 4) is 11.5 Å². The molecule has 0 aliphatic rings. The summed E-state index contributed by atoms with van der Waals surface area (Å²) in [7, 11) is 0. The van der Waals surface area contributed by atoms with Crippen molar-refractivity contribution in [3.05, 3.63) is 30.2 Å². The van der Waals surface area contributed by atoms with Gasteiger partial charge in [0.25, 0.3) is 0 Å². The average Bonchev–Trinajstić information content (AvgIpc) is 2.71. The molecule has 2 aromatic heterocycles. The van der Waals surface area contributed by atoms with Crippen LogP contribution in [0.3, 0.4) is 0 Å². The van der Waals surface area contributed by atoms with Crippen LogP contribution in [-0.2, 0) is 0 Å². The summed E-state index contributed by atoms with van der Waals surface area (Å²) in [6, 6.07) is 3.00.